The zero-order valence-corrected chi connectivity index (χ0v) is 20.2. The lowest BCUT2D eigenvalue weighted by atomic mass is 10.1. The van der Waals surface area contributed by atoms with Gasteiger partial charge in [-0.3, -0.25) is 14.3 Å². The minimum absolute atomic E-state index is 0.0499. The van der Waals surface area contributed by atoms with E-state index in [-0.39, 0.29) is 34.1 Å². The van der Waals surface area contributed by atoms with Gasteiger partial charge in [0.1, 0.15) is 11.5 Å². The Morgan fingerprint density at radius 2 is 2.11 bits per heavy atom. The molecule has 0 bridgehead atoms. The number of methoxy groups -OCH3 is 1. The minimum atomic E-state index is -0.674. The summed E-state index contributed by atoms with van der Waals surface area (Å²) in [4.78, 5) is 31.9. The number of pyridine rings is 1. The maximum absolute atomic E-state index is 13.9. The van der Waals surface area contributed by atoms with Crippen molar-refractivity contribution in [3.8, 4) is 17.5 Å². The number of nitriles is 1. The molecule has 0 aliphatic heterocycles. The van der Waals surface area contributed by atoms with Crippen LogP contribution in [0.1, 0.15) is 18.6 Å². The summed E-state index contributed by atoms with van der Waals surface area (Å²) in [5.74, 6) is 0.818. The third kappa shape index (κ3) is 3.74. The van der Waals surface area contributed by atoms with Crippen LogP contribution in [0.4, 0.5) is 0 Å². The highest BCUT2D eigenvalue weighted by molar-refractivity contribution is 6.36. The fraction of sp³-hybridized carbons (Fsp3) is 0.185. The third-order valence-corrected chi connectivity index (χ3v) is 6.61. The first-order valence-corrected chi connectivity index (χ1v) is 11.5. The van der Waals surface area contributed by atoms with E-state index < -0.39 is 16.7 Å². The fourth-order valence-corrected chi connectivity index (χ4v) is 4.42. The van der Waals surface area contributed by atoms with Crippen molar-refractivity contribution in [2.75, 3.05) is 7.11 Å². The van der Waals surface area contributed by atoms with E-state index in [2.05, 4.69) is 24.2 Å². The number of fused-ring (bicyclic) bond motifs is 2. The van der Waals surface area contributed by atoms with Crippen LogP contribution in [-0.2, 0) is 6.54 Å². The second-order valence-corrected chi connectivity index (χ2v) is 9.15. The van der Waals surface area contributed by atoms with Gasteiger partial charge in [-0.05, 0) is 31.0 Å². The second-order valence-electron chi connectivity index (χ2n) is 8.69. The van der Waals surface area contributed by atoms with E-state index in [1.54, 1.807) is 36.5 Å². The zero-order valence-electron chi connectivity index (χ0n) is 19.5. The summed E-state index contributed by atoms with van der Waals surface area (Å²) in [6, 6.07) is 9.19. The lowest BCUT2D eigenvalue weighted by Crippen LogP contribution is -2.40. The first kappa shape index (κ1) is 23.4. The minimum Gasteiger partial charge on any atom is -0.497 e. The van der Waals surface area contributed by atoms with E-state index in [0.717, 1.165) is 9.95 Å². The molecule has 180 valence electrons. The van der Waals surface area contributed by atoms with Crippen molar-refractivity contribution in [3.05, 3.63) is 93.6 Å². The Morgan fingerprint density at radius 3 is 2.75 bits per heavy atom. The smallest absolute Gasteiger partial charge is 0.336 e. The molecule has 0 unspecified atom stereocenters. The molecule has 0 saturated heterocycles. The second kappa shape index (κ2) is 8.70. The van der Waals surface area contributed by atoms with Gasteiger partial charge in [0.2, 0.25) is 5.58 Å². The Balaban J connectivity index is 1.87. The maximum Gasteiger partial charge on any atom is 0.336 e. The van der Waals surface area contributed by atoms with Gasteiger partial charge in [0, 0.05) is 40.2 Å². The van der Waals surface area contributed by atoms with Gasteiger partial charge in [-0.2, -0.15) is 5.26 Å². The molecule has 3 aromatic heterocycles. The summed E-state index contributed by atoms with van der Waals surface area (Å²) in [5, 5.41) is 11.2. The molecule has 3 heterocycles. The number of nitrogens with zero attached hydrogens (tertiary/aromatic N) is 4. The Labute approximate surface area is 210 Å². The van der Waals surface area contributed by atoms with Crippen LogP contribution in [0.5, 0.6) is 5.75 Å². The van der Waals surface area contributed by atoms with Crippen molar-refractivity contribution in [1.82, 2.24) is 14.1 Å². The van der Waals surface area contributed by atoms with Gasteiger partial charge < -0.3 is 9.15 Å². The fourth-order valence-electron chi connectivity index (χ4n) is 4.26. The van der Waals surface area contributed by atoms with Gasteiger partial charge in [0.25, 0.3) is 0 Å². The van der Waals surface area contributed by atoms with Crippen LogP contribution >= 0.6 is 11.6 Å². The lowest BCUT2D eigenvalue weighted by Gasteiger charge is -2.15. The number of hydrogen-bond acceptors (Lipinski definition) is 6. The van der Waals surface area contributed by atoms with Gasteiger partial charge in [0.15, 0.2) is 0 Å². The lowest BCUT2D eigenvalue weighted by molar-refractivity contribution is 0.415. The van der Waals surface area contributed by atoms with E-state index in [9.17, 15) is 14.9 Å². The van der Waals surface area contributed by atoms with Crippen LogP contribution in [0.25, 0.3) is 33.1 Å². The number of benzene rings is 1. The number of halogens is 1. The van der Waals surface area contributed by atoms with Gasteiger partial charge >= 0.3 is 11.2 Å². The van der Waals surface area contributed by atoms with Gasteiger partial charge in [-0.15, -0.1) is 0 Å². The summed E-state index contributed by atoms with van der Waals surface area (Å²) in [6.45, 7) is 7.55. The molecule has 0 radical (unpaired) electrons. The number of ether oxygens (including phenoxy) is 1. The van der Waals surface area contributed by atoms with Gasteiger partial charge in [0.05, 0.1) is 36.0 Å². The van der Waals surface area contributed by atoms with Crippen LogP contribution in [-0.4, -0.2) is 21.2 Å². The number of furan rings is 1. The molecule has 0 amide bonds. The zero-order chi connectivity index (χ0) is 25.6. The van der Waals surface area contributed by atoms with Crippen molar-refractivity contribution in [3.63, 3.8) is 0 Å². The van der Waals surface area contributed by atoms with Crippen molar-refractivity contribution in [2.24, 2.45) is 5.41 Å². The summed E-state index contributed by atoms with van der Waals surface area (Å²) in [5.41, 5.74) is -1.01. The average Bonchev–Trinajstić information content (AvgIpc) is 3.52. The van der Waals surface area contributed by atoms with Crippen molar-refractivity contribution in [1.29, 1.82) is 5.26 Å². The summed E-state index contributed by atoms with van der Waals surface area (Å²) in [6.07, 6.45) is 7.53. The summed E-state index contributed by atoms with van der Waals surface area (Å²) >= 11 is 6.17. The first-order chi connectivity index (χ1) is 17.3. The first-order valence-electron chi connectivity index (χ1n) is 11.1. The molecule has 0 spiro atoms. The third-order valence-electron chi connectivity index (χ3n) is 6.40. The predicted molar refractivity (Wildman–Crippen MR) is 138 cm³/mol. The van der Waals surface area contributed by atoms with E-state index in [1.807, 2.05) is 0 Å². The normalized spacial score (nSPS) is 14.5. The number of allylic oxidation sites excluding steroid dienone is 4. The van der Waals surface area contributed by atoms with Gasteiger partial charge in [-0.1, -0.05) is 36.9 Å². The van der Waals surface area contributed by atoms with Gasteiger partial charge in [-0.25, -0.2) is 9.36 Å². The Morgan fingerprint density at radius 1 is 1.33 bits per heavy atom. The standard InChI is InChI=1S/C27H21ClN4O4/c1-4-5-19(16(2)28)23-11-21-24(36-23)25(33)32(26(34)31(21)15-27(14-29)8-9-27)22-13-30-12-17-6-7-18(35-3)10-20(17)22/h4-7,10-13H,1-2,8-9,15H2,3H3/b19-5+. The van der Waals surface area contributed by atoms with Crippen LogP contribution in [0.3, 0.4) is 0 Å². The van der Waals surface area contributed by atoms with Crippen LogP contribution < -0.4 is 16.0 Å². The molecule has 5 rings (SSSR count). The summed E-state index contributed by atoms with van der Waals surface area (Å²) in [7, 11) is 1.54. The molecule has 36 heavy (non-hydrogen) atoms. The molecule has 1 fully saturated rings. The van der Waals surface area contributed by atoms with Crippen molar-refractivity contribution in [2.45, 2.75) is 19.4 Å². The van der Waals surface area contributed by atoms with Crippen LogP contribution in [0, 0.1) is 16.7 Å². The molecule has 1 saturated carbocycles. The topological polar surface area (TPSA) is 103 Å². The van der Waals surface area contributed by atoms with E-state index in [0.29, 0.717) is 29.6 Å². The maximum atomic E-state index is 13.9. The Kier molecular flexibility index (Phi) is 5.65. The van der Waals surface area contributed by atoms with Crippen LogP contribution in [0.2, 0.25) is 0 Å². The molecular formula is C27H21ClN4O4. The number of aromatic nitrogens is 3. The Hall–Kier alpha value is -4.35. The molecule has 1 aliphatic carbocycles. The van der Waals surface area contributed by atoms with Crippen molar-refractivity contribution < 1.29 is 9.15 Å². The van der Waals surface area contributed by atoms with E-state index in [1.165, 1.54) is 23.9 Å². The molecule has 0 N–H and O–H groups in total. The number of rotatable bonds is 7. The molecular weight excluding hydrogens is 480 g/mol. The SMILES string of the molecule is C=C/C=C(\C(=C)Cl)c1cc2c(o1)c(=O)n(-c1cncc3ccc(OC)cc13)c(=O)n2CC1(C#N)CC1. The largest absolute Gasteiger partial charge is 0.497 e. The Bertz CT molecular complexity index is 1760. The highest BCUT2D eigenvalue weighted by Crippen LogP contribution is 2.46. The van der Waals surface area contributed by atoms with Crippen molar-refractivity contribution >= 4 is 39.0 Å². The molecule has 8 nitrogen and oxygen atoms in total. The van der Waals surface area contributed by atoms with Crippen LogP contribution in [0.15, 0.2) is 81.0 Å². The average molecular weight is 501 g/mol. The quantitative estimate of drug-likeness (QED) is 0.333. The predicted octanol–water partition coefficient (Wildman–Crippen LogP) is 4.93. The molecule has 1 aromatic carbocycles. The highest BCUT2D eigenvalue weighted by Gasteiger charge is 2.44. The van der Waals surface area contributed by atoms with E-state index in [4.69, 9.17) is 20.8 Å². The monoisotopic (exact) mass is 500 g/mol. The number of hydrogen-bond donors (Lipinski definition) is 0. The molecule has 1 aliphatic rings. The summed E-state index contributed by atoms with van der Waals surface area (Å²) < 4.78 is 13.8. The molecule has 0 atom stereocenters. The van der Waals surface area contributed by atoms with E-state index >= 15 is 0 Å². The molecule has 9 heteroatoms. The molecule has 4 aromatic rings. The highest BCUT2D eigenvalue weighted by atomic mass is 35.5.